The molecule has 17 heavy (non-hydrogen) atoms. The molecule has 0 unspecified atom stereocenters. The van der Waals surface area contributed by atoms with E-state index in [0.717, 1.165) is 5.56 Å². The lowest BCUT2D eigenvalue weighted by Crippen LogP contribution is -1.97. The van der Waals surface area contributed by atoms with Crippen molar-refractivity contribution in [2.24, 2.45) is 0 Å². The third-order valence-electron chi connectivity index (χ3n) is 1.69. The lowest BCUT2D eigenvalue weighted by atomic mass is 10.4. The van der Waals surface area contributed by atoms with Crippen molar-refractivity contribution >= 4 is 23.4 Å². The predicted molar refractivity (Wildman–Crippen MR) is 62.3 cm³/mol. The van der Waals surface area contributed by atoms with Gasteiger partial charge in [-0.1, -0.05) is 0 Å². The summed E-state index contributed by atoms with van der Waals surface area (Å²) in [5, 5.41) is 1.01. The minimum Gasteiger partial charge on any atom is -0.467 e. The number of aryl methyl sites for hydroxylation is 1. The topological polar surface area (TPSA) is 73.7 Å². The summed E-state index contributed by atoms with van der Waals surface area (Å²) in [5.74, 6) is 0. The summed E-state index contributed by atoms with van der Waals surface area (Å²) in [4.78, 5) is 20.0. The van der Waals surface area contributed by atoms with E-state index >= 15 is 0 Å². The van der Waals surface area contributed by atoms with Gasteiger partial charge in [-0.15, -0.1) is 0 Å². The van der Waals surface area contributed by atoms with Gasteiger partial charge in [0.25, 0.3) is 0 Å². The van der Waals surface area contributed by atoms with Gasteiger partial charge in [0, 0.05) is 12.4 Å². The Hall–Kier alpha value is -1.47. The molecule has 0 aliphatic heterocycles. The van der Waals surface area contributed by atoms with Crippen molar-refractivity contribution < 1.29 is 4.74 Å². The highest BCUT2D eigenvalue weighted by molar-refractivity contribution is 7.99. The number of hydrogen-bond acceptors (Lipinski definition) is 7. The van der Waals surface area contributed by atoms with Crippen LogP contribution in [0.4, 0.5) is 0 Å². The molecule has 88 valence electrons. The van der Waals surface area contributed by atoms with Gasteiger partial charge < -0.3 is 4.74 Å². The number of nitrogens with zero attached hydrogens (tertiary/aromatic N) is 5. The average Bonchev–Trinajstić information content (AvgIpc) is 2.31. The van der Waals surface area contributed by atoms with Gasteiger partial charge in [0.2, 0.25) is 10.4 Å². The maximum absolute atomic E-state index is 5.72. The summed E-state index contributed by atoms with van der Waals surface area (Å²) >= 11 is 6.91. The van der Waals surface area contributed by atoms with Crippen molar-refractivity contribution in [3.8, 4) is 6.01 Å². The Morgan fingerprint density at radius 2 is 1.82 bits per heavy atom. The van der Waals surface area contributed by atoms with E-state index in [4.69, 9.17) is 16.3 Å². The van der Waals surface area contributed by atoms with Crippen LogP contribution in [0.15, 0.2) is 22.7 Å². The Bertz CT molecular complexity index is 521. The highest BCUT2D eigenvalue weighted by Crippen LogP contribution is 2.22. The van der Waals surface area contributed by atoms with Crippen LogP contribution in [-0.4, -0.2) is 32.0 Å². The van der Waals surface area contributed by atoms with E-state index in [0.29, 0.717) is 10.3 Å². The molecule has 2 heterocycles. The largest absolute Gasteiger partial charge is 0.467 e. The van der Waals surface area contributed by atoms with Crippen LogP contribution < -0.4 is 4.74 Å². The molecule has 0 spiro atoms. The fraction of sp³-hybridized carbons (Fsp3) is 0.222. The molecule has 0 aromatic carbocycles. The molecule has 8 heteroatoms. The second kappa shape index (κ2) is 5.24. The van der Waals surface area contributed by atoms with Crippen molar-refractivity contribution in [2.75, 3.05) is 7.11 Å². The molecule has 2 aromatic rings. The molecular weight excluding hydrogens is 262 g/mol. The van der Waals surface area contributed by atoms with Crippen LogP contribution >= 0.6 is 23.4 Å². The molecule has 2 rings (SSSR count). The second-order valence-corrected chi connectivity index (χ2v) is 4.29. The molecule has 0 N–H and O–H groups in total. The van der Waals surface area contributed by atoms with E-state index in [2.05, 4.69) is 24.9 Å². The minimum atomic E-state index is 0.0754. The zero-order valence-electron chi connectivity index (χ0n) is 9.09. The van der Waals surface area contributed by atoms with Crippen LogP contribution in [0.1, 0.15) is 5.56 Å². The number of hydrogen-bond donors (Lipinski definition) is 0. The SMILES string of the molecule is COc1nc(Cl)nc(Sc2ncc(C)cn2)n1. The Balaban J connectivity index is 2.23. The highest BCUT2D eigenvalue weighted by atomic mass is 35.5. The molecule has 0 aliphatic rings. The van der Waals surface area contributed by atoms with Crippen LogP contribution in [-0.2, 0) is 0 Å². The van der Waals surface area contributed by atoms with Crippen molar-refractivity contribution in [1.29, 1.82) is 0 Å². The summed E-state index contributed by atoms with van der Waals surface area (Å²) in [7, 11) is 1.46. The van der Waals surface area contributed by atoms with Crippen LogP contribution in [0, 0.1) is 6.92 Å². The van der Waals surface area contributed by atoms with E-state index in [-0.39, 0.29) is 11.3 Å². The molecule has 6 nitrogen and oxygen atoms in total. The molecule has 0 saturated heterocycles. The molecule has 0 saturated carbocycles. The van der Waals surface area contributed by atoms with Gasteiger partial charge in [0.1, 0.15) is 0 Å². The second-order valence-electron chi connectivity index (χ2n) is 3.02. The van der Waals surface area contributed by atoms with Crippen LogP contribution in [0.3, 0.4) is 0 Å². The monoisotopic (exact) mass is 269 g/mol. The third-order valence-corrected chi connectivity index (χ3v) is 2.62. The van der Waals surface area contributed by atoms with Crippen molar-refractivity contribution in [2.45, 2.75) is 17.2 Å². The van der Waals surface area contributed by atoms with Gasteiger partial charge in [-0.05, 0) is 35.9 Å². The lowest BCUT2D eigenvalue weighted by molar-refractivity contribution is 0.373. The third kappa shape index (κ3) is 3.24. The highest BCUT2D eigenvalue weighted by Gasteiger charge is 2.08. The van der Waals surface area contributed by atoms with E-state index in [1.807, 2.05) is 6.92 Å². The maximum Gasteiger partial charge on any atom is 0.321 e. The van der Waals surface area contributed by atoms with Gasteiger partial charge >= 0.3 is 6.01 Å². The lowest BCUT2D eigenvalue weighted by Gasteiger charge is -2.01. The Morgan fingerprint density at radius 1 is 1.12 bits per heavy atom. The maximum atomic E-state index is 5.72. The number of halogens is 1. The molecule has 0 fully saturated rings. The predicted octanol–water partition coefficient (Wildman–Crippen LogP) is 1.78. The van der Waals surface area contributed by atoms with Gasteiger partial charge in [-0.3, -0.25) is 0 Å². The Labute approximate surface area is 107 Å². The Kier molecular flexibility index (Phi) is 3.70. The molecule has 2 aromatic heterocycles. The fourth-order valence-electron chi connectivity index (χ4n) is 0.967. The first-order valence-electron chi connectivity index (χ1n) is 4.59. The molecule has 0 bridgehead atoms. The number of rotatable bonds is 3. The van der Waals surface area contributed by atoms with Crippen molar-refractivity contribution in [3.63, 3.8) is 0 Å². The van der Waals surface area contributed by atoms with Crippen LogP contribution in [0.25, 0.3) is 0 Å². The first kappa shape index (κ1) is 12.0. The number of methoxy groups -OCH3 is 1. The number of ether oxygens (including phenoxy) is 1. The summed E-state index contributed by atoms with van der Waals surface area (Å²) in [6.45, 7) is 1.91. The van der Waals surface area contributed by atoms with Crippen molar-refractivity contribution in [1.82, 2.24) is 24.9 Å². The average molecular weight is 270 g/mol. The Morgan fingerprint density at radius 3 is 2.47 bits per heavy atom. The van der Waals surface area contributed by atoms with Crippen molar-refractivity contribution in [3.05, 3.63) is 23.2 Å². The normalized spacial score (nSPS) is 10.3. The molecule has 0 aliphatic carbocycles. The quantitative estimate of drug-likeness (QED) is 0.786. The summed E-state index contributed by atoms with van der Waals surface area (Å²) in [6, 6.07) is 0.166. The zero-order valence-corrected chi connectivity index (χ0v) is 10.7. The van der Waals surface area contributed by atoms with E-state index < -0.39 is 0 Å². The number of aromatic nitrogens is 5. The van der Waals surface area contributed by atoms with Gasteiger partial charge in [0.15, 0.2) is 5.16 Å². The summed E-state index contributed by atoms with van der Waals surface area (Å²) in [6.07, 6.45) is 3.44. The molecule has 0 amide bonds. The van der Waals surface area contributed by atoms with E-state index in [1.165, 1.54) is 18.9 Å². The van der Waals surface area contributed by atoms with Crippen LogP contribution in [0.5, 0.6) is 6.01 Å². The molecular formula is C9H8ClN5OS. The van der Waals surface area contributed by atoms with Gasteiger partial charge in [-0.2, -0.15) is 15.0 Å². The summed E-state index contributed by atoms with van der Waals surface area (Å²) in [5.41, 5.74) is 0.987. The van der Waals surface area contributed by atoms with E-state index in [9.17, 15) is 0 Å². The summed E-state index contributed by atoms with van der Waals surface area (Å²) < 4.78 is 4.89. The minimum absolute atomic E-state index is 0.0754. The standard InChI is InChI=1S/C9H8ClN5OS/c1-5-3-11-8(12-4-5)17-9-14-6(10)13-7(15-9)16-2/h3-4H,1-2H3. The van der Waals surface area contributed by atoms with E-state index in [1.54, 1.807) is 12.4 Å². The molecule has 0 atom stereocenters. The molecule has 0 radical (unpaired) electrons. The fourth-order valence-corrected chi connectivity index (χ4v) is 1.80. The van der Waals surface area contributed by atoms with Gasteiger partial charge in [-0.25, -0.2) is 9.97 Å². The van der Waals surface area contributed by atoms with Crippen LogP contribution in [0.2, 0.25) is 5.28 Å². The van der Waals surface area contributed by atoms with Gasteiger partial charge in [0.05, 0.1) is 7.11 Å². The smallest absolute Gasteiger partial charge is 0.321 e. The zero-order chi connectivity index (χ0) is 12.3. The first-order chi connectivity index (χ1) is 8.17. The first-order valence-corrected chi connectivity index (χ1v) is 5.79.